The maximum Gasteiger partial charge on any atom is 0.134 e. The minimum absolute atomic E-state index is 0.530. The lowest BCUT2D eigenvalue weighted by atomic mass is 10.1. The molecule has 0 aliphatic heterocycles. The average molecular weight is 371 g/mol. The first-order valence-corrected chi connectivity index (χ1v) is 8.80. The van der Waals surface area contributed by atoms with Gasteiger partial charge in [-0.2, -0.15) is 5.26 Å². The largest absolute Gasteiger partial charge is 0.235 e. The maximum atomic E-state index is 9.49. The van der Waals surface area contributed by atoms with Gasteiger partial charge in [0.25, 0.3) is 0 Å². The zero-order valence-corrected chi connectivity index (χ0v) is 15.1. The zero-order chi connectivity index (χ0) is 17.1. The highest BCUT2D eigenvalue weighted by Gasteiger charge is 2.11. The van der Waals surface area contributed by atoms with Crippen LogP contribution in [0.15, 0.2) is 47.8 Å². The fraction of sp³-hybridized carbons (Fsp3) is 0.0526. The number of allylic oxidation sites excluding steroid dienone is 1. The first kappa shape index (κ1) is 16.7. The lowest BCUT2D eigenvalue weighted by molar-refractivity contribution is 1.37. The van der Waals surface area contributed by atoms with Crippen LogP contribution in [0.3, 0.4) is 0 Å². The highest BCUT2D eigenvalue weighted by atomic mass is 35.5. The van der Waals surface area contributed by atoms with Crippen molar-refractivity contribution in [1.29, 1.82) is 5.26 Å². The van der Waals surface area contributed by atoms with E-state index >= 15 is 0 Å². The number of rotatable bonds is 3. The quantitative estimate of drug-likeness (QED) is 0.494. The van der Waals surface area contributed by atoms with Crippen molar-refractivity contribution in [3.05, 3.63) is 74.0 Å². The van der Waals surface area contributed by atoms with Crippen molar-refractivity contribution in [3.8, 4) is 17.3 Å². The standard InChI is InChI=1S/C19H12Cl2N2S/c1-12-3-2-4-13(7-12)8-14(10-22)19-23-18(11-24-19)16-6-5-15(20)9-17(16)21/h2-9,11H,1H3/b14-8-. The van der Waals surface area contributed by atoms with Crippen molar-refractivity contribution < 1.29 is 0 Å². The van der Waals surface area contributed by atoms with Crippen molar-refractivity contribution in [1.82, 2.24) is 4.98 Å². The Hall–Kier alpha value is -2.12. The van der Waals surface area contributed by atoms with Crippen LogP contribution in [-0.4, -0.2) is 4.98 Å². The molecule has 0 radical (unpaired) electrons. The predicted octanol–water partition coefficient (Wildman–Crippen LogP) is 6.49. The van der Waals surface area contributed by atoms with Gasteiger partial charge in [-0.25, -0.2) is 4.98 Å². The van der Waals surface area contributed by atoms with Crippen molar-refractivity contribution in [2.75, 3.05) is 0 Å². The van der Waals surface area contributed by atoms with Gasteiger partial charge in [0.05, 0.1) is 16.3 Å². The van der Waals surface area contributed by atoms with E-state index < -0.39 is 0 Å². The summed E-state index contributed by atoms with van der Waals surface area (Å²) < 4.78 is 0. The number of hydrogen-bond acceptors (Lipinski definition) is 3. The van der Waals surface area contributed by atoms with Gasteiger partial charge in [-0.05, 0) is 36.8 Å². The molecule has 0 bridgehead atoms. The molecular weight excluding hydrogens is 359 g/mol. The molecule has 0 fully saturated rings. The molecule has 0 amide bonds. The Morgan fingerprint density at radius 3 is 2.75 bits per heavy atom. The number of hydrogen-bond donors (Lipinski definition) is 0. The molecule has 1 heterocycles. The Morgan fingerprint density at radius 1 is 1.21 bits per heavy atom. The van der Waals surface area contributed by atoms with E-state index in [0.717, 1.165) is 22.4 Å². The van der Waals surface area contributed by atoms with Crippen molar-refractivity contribution in [2.24, 2.45) is 0 Å². The molecule has 0 saturated heterocycles. The molecule has 0 spiro atoms. The van der Waals surface area contributed by atoms with Crippen molar-refractivity contribution in [2.45, 2.75) is 6.92 Å². The van der Waals surface area contributed by atoms with E-state index in [1.165, 1.54) is 11.3 Å². The summed E-state index contributed by atoms with van der Waals surface area (Å²) in [5.41, 5.74) is 4.20. The van der Waals surface area contributed by atoms with Crippen LogP contribution in [0.5, 0.6) is 0 Å². The first-order chi connectivity index (χ1) is 11.6. The Bertz CT molecular complexity index is 967. The molecule has 2 nitrogen and oxygen atoms in total. The van der Waals surface area contributed by atoms with Crippen LogP contribution >= 0.6 is 34.5 Å². The van der Waals surface area contributed by atoms with Crippen LogP contribution in [0, 0.1) is 18.3 Å². The van der Waals surface area contributed by atoms with Crippen LogP contribution < -0.4 is 0 Å². The fourth-order valence-electron chi connectivity index (χ4n) is 2.29. The topological polar surface area (TPSA) is 36.7 Å². The van der Waals surface area contributed by atoms with Gasteiger partial charge >= 0.3 is 0 Å². The Morgan fingerprint density at radius 2 is 2.04 bits per heavy atom. The third kappa shape index (κ3) is 3.68. The van der Waals surface area contributed by atoms with Crippen LogP contribution in [-0.2, 0) is 0 Å². The van der Waals surface area contributed by atoms with E-state index in [4.69, 9.17) is 23.2 Å². The lowest BCUT2D eigenvalue weighted by Crippen LogP contribution is -1.84. The number of benzene rings is 2. The monoisotopic (exact) mass is 370 g/mol. The van der Waals surface area contributed by atoms with E-state index in [-0.39, 0.29) is 0 Å². The summed E-state index contributed by atoms with van der Waals surface area (Å²) in [7, 11) is 0. The number of aryl methyl sites for hydroxylation is 1. The van der Waals surface area contributed by atoms with Crippen LogP contribution in [0.2, 0.25) is 10.0 Å². The summed E-state index contributed by atoms with van der Waals surface area (Å²) in [6.07, 6.45) is 1.85. The van der Waals surface area contributed by atoms with Gasteiger partial charge in [0.2, 0.25) is 0 Å². The summed E-state index contributed by atoms with van der Waals surface area (Å²) in [6, 6.07) is 15.5. The van der Waals surface area contributed by atoms with E-state index in [1.54, 1.807) is 12.1 Å². The molecule has 0 saturated carbocycles. The number of nitrogens with zero attached hydrogens (tertiary/aromatic N) is 2. The second kappa shape index (κ2) is 7.19. The SMILES string of the molecule is Cc1cccc(/C=C(/C#N)c2nc(-c3ccc(Cl)cc3Cl)cs2)c1. The Balaban J connectivity index is 1.98. The van der Waals surface area contributed by atoms with E-state index in [2.05, 4.69) is 11.1 Å². The predicted molar refractivity (Wildman–Crippen MR) is 102 cm³/mol. The van der Waals surface area contributed by atoms with Gasteiger partial charge in [0.1, 0.15) is 11.1 Å². The van der Waals surface area contributed by atoms with Gasteiger partial charge in [0.15, 0.2) is 0 Å². The van der Waals surface area contributed by atoms with E-state index in [1.807, 2.05) is 48.7 Å². The van der Waals surface area contributed by atoms with Crippen molar-refractivity contribution >= 4 is 46.2 Å². The molecule has 0 aliphatic carbocycles. The smallest absolute Gasteiger partial charge is 0.134 e. The van der Waals surface area contributed by atoms with E-state index in [9.17, 15) is 5.26 Å². The molecule has 1 aromatic heterocycles. The Labute approximate surface area is 154 Å². The van der Waals surface area contributed by atoms with Gasteiger partial charge < -0.3 is 0 Å². The second-order valence-corrected chi connectivity index (χ2v) is 6.95. The number of thiazole rings is 1. The minimum Gasteiger partial charge on any atom is -0.235 e. The lowest BCUT2D eigenvalue weighted by Gasteiger charge is -2.01. The molecule has 0 aliphatic rings. The molecule has 0 N–H and O–H groups in total. The van der Waals surface area contributed by atoms with Crippen LogP contribution in [0.1, 0.15) is 16.1 Å². The third-order valence-corrected chi connectivity index (χ3v) is 4.84. The number of aromatic nitrogens is 1. The summed E-state index contributed by atoms with van der Waals surface area (Å²) in [6.45, 7) is 2.02. The van der Waals surface area contributed by atoms with Gasteiger partial charge in [-0.15, -0.1) is 11.3 Å². The molecule has 24 heavy (non-hydrogen) atoms. The fourth-order valence-corrected chi connectivity index (χ4v) is 3.58. The summed E-state index contributed by atoms with van der Waals surface area (Å²) in [5.74, 6) is 0. The highest BCUT2D eigenvalue weighted by Crippen LogP contribution is 2.33. The molecule has 0 atom stereocenters. The van der Waals surface area contributed by atoms with Crippen LogP contribution in [0.25, 0.3) is 22.9 Å². The van der Waals surface area contributed by atoms with Crippen molar-refractivity contribution in [3.63, 3.8) is 0 Å². The third-order valence-electron chi connectivity index (χ3n) is 3.42. The number of halogens is 2. The second-order valence-electron chi connectivity index (χ2n) is 5.25. The van der Waals surface area contributed by atoms with Gasteiger partial charge in [0, 0.05) is 16.0 Å². The molecular formula is C19H12Cl2N2S. The Kier molecular flexibility index (Phi) is 5.01. The number of nitriles is 1. The maximum absolute atomic E-state index is 9.49. The molecule has 3 aromatic rings. The average Bonchev–Trinajstić information content (AvgIpc) is 3.02. The van der Waals surface area contributed by atoms with Crippen LogP contribution in [0.4, 0.5) is 0 Å². The molecule has 5 heteroatoms. The minimum atomic E-state index is 0.530. The first-order valence-electron chi connectivity index (χ1n) is 7.16. The van der Waals surface area contributed by atoms with Gasteiger partial charge in [-0.3, -0.25) is 0 Å². The van der Waals surface area contributed by atoms with Gasteiger partial charge in [-0.1, -0.05) is 53.0 Å². The molecule has 118 valence electrons. The molecule has 2 aromatic carbocycles. The summed E-state index contributed by atoms with van der Waals surface area (Å²) in [4.78, 5) is 4.56. The summed E-state index contributed by atoms with van der Waals surface area (Å²) in [5, 5.41) is 13.2. The highest BCUT2D eigenvalue weighted by molar-refractivity contribution is 7.11. The molecule has 0 unspecified atom stereocenters. The zero-order valence-electron chi connectivity index (χ0n) is 12.8. The van der Waals surface area contributed by atoms with E-state index in [0.29, 0.717) is 20.6 Å². The summed E-state index contributed by atoms with van der Waals surface area (Å²) >= 11 is 13.6. The molecule has 3 rings (SSSR count). The normalized spacial score (nSPS) is 11.3.